The van der Waals surface area contributed by atoms with Crippen molar-refractivity contribution >= 4 is 17.2 Å². The molecule has 0 bridgehead atoms. The summed E-state index contributed by atoms with van der Waals surface area (Å²) >= 11 is 5.05. The van der Waals surface area contributed by atoms with E-state index in [1.807, 2.05) is 36.4 Å². The molecule has 0 aliphatic rings. The van der Waals surface area contributed by atoms with Crippen LogP contribution in [-0.2, 0) is 6.61 Å². The van der Waals surface area contributed by atoms with E-state index in [1.54, 1.807) is 0 Å². The van der Waals surface area contributed by atoms with Crippen molar-refractivity contribution in [1.82, 2.24) is 0 Å². The number of ether oxygens (including phenoxy) is 1. The largest absolute Gasteiger partial charge is 0.489 e. The highest BCUT2D eigenvalue weighted by molar-refractivity contribution is 7.80. The molecule has 0 fully saturated rings. The third-order valence-corrected chi connectivity index (χ3v) is 3.44. The van der Waals surface area contributed by atoms with E-state index in [4.69, 9.17) is 22.7 Å². The lowest BCUT2D eigenvalue weighted by Gasteiger charge is -2.13. The normalized spacial score (nSPS) is 10.2. The zero-order valence-corrected chi connectivity index (χ0v) is 12.0. The van der Waals surface area contributed by atoms with Gasteiger partial charge in [-0.3, -0.25) is 0 Å². The van der Waals surface area contributed by atoms with Crippen LogP contribution in [-0.4, -0.2) is 4.99 Å². The second-order valence-electron chi connectivity index (χ2n) is 4.51. The SMILES string of the molecule is Cc1cccc(OCc2ccccc2C(N)=S)c1C. The van der Waals surface area contributed by atoms with Gasteiger partial charge in [-0.05, 0) is 36.6 Å². The summed E-state index contributed by atoms with van der Waals surface area (Å²) in [5, 5.41) is 0. The summed E-state index contributed by atoms with van der Waals surface area (Å²) in [6.45, 7) is 4.60. The molecule has 0 spiro atoms. The first-order valence-corrected chi connectivity index (χ1v) is 6.57. The molecule has 0 aliphatic heterocycles. The molecule has 98 valence electrons. The summed E-state index contributed by atoms with van der Waals surface area (Å²) in [6, 6.07) is 13.8. The molecule has 0 radical (unpaired) electrons. The highest BCUT2D eigenvalue weighted by Crippen LogP contribution is 2.22. The van der Waals surface area contributed by atoms with Crippen molar-refractivity contribution < 1.29 is 4.74 Å². The van der Waals surface area contributed by atoms with Gasteiger partial charge in [-0.2, -0.15) is 0 Å². The molecule has 2 N–H and O–H groups in total. The van der Waals surface area contributed by atoms with E-state index in [0.717, 1.165) is 22.4 Å². The van der Waals surface area contributed by atoms with Gasteiger partial charge in [-0.15, -0.1) is 0 Å². The highest BCUT2D eigenvalue weighted by atomic mass is 32.1. The monoisotopic (exact) mass is 271 g/mol. The quantitative estimate of drug-likeness (QED) is 0.864. The lowest BCUT2D eigenvalue weighted by molar-refractivity contribution is 0.303. The van der Waals surface area contributed by atoms with Crippen LogP contribution >= 0.6 is 12.2 Å². The molecule has 0 aliphatic carbocycles. The van der Waals surface area contributed by atoms with Gasteiger partial charge < -0.3 is 10.5 Å². The summed E-state index contributed by atoms with van der Waals surface area (Å²) in [4.78, 5) is 0.403. The number of rotatable bonds is 4. The van der Waals surface area contributed by atoms with Crippen LogP contribution in [0.25, 0.3) is 0 Å². The van der Waals surface area contributed by atoms with Crippen molar-refractivity contribution in [2.24, 2.45) is 5.73 Å². The third kappa shape index (κ3) is 3.12. The average Bonchev–Trinajstić information content (AvgIpc) is 2.40. The summed E-state index contributed by atoms with van der Waals surface area (Å²) < 4.78 is 5.88. The lowest BCUT2D eigenvalue weighted by atomic mass is 10.1. The standard InChI is InChI=1S/C16H17NOS/c1-11-6-5-9-15(12(11)2)18-10-13-7-3-4-8-14(13)16(17)19/h3-9H,10H2,1-2H3,(H2,17,19). The number of hydrogen-bond donors (Lipinski definition) is 1. The molecule has 2 rings (SSSR count). The van der Waals surface area contributed by atoms with Gasteiger partial charge >= 0.3 is 0 Å². The molecule has 0 saturated heterocycles. The minimum Gasteiger partial charge on any atom is -0.489 e. The Hall–Kier alpha value is -1.87. The number of thiocarbonyl (C=S) groups is 1. The fourth-order valence-corrected chi connectivity index (χ4v) is 2.12. The molecule has 19 heavy (non-hydrogen) atoms. The van der Waals surface area contributed by atoms with Gasteiger partial charge in [0.25, 0.3) is 0 Å². The molecule has 2 aromatic carbocycles. The molecule has 0 unspecified atom stereocenters. The maximum atomic E-state index is 5.88. The minimum atomic E-state index is 0.403. The van der Waals surface area contributed by atoms with Crippen LogP contribution in [0.4, 0.5) is 0 Å². The molecular weight excluding hydrogens is 254 g/mol. The maximum absolute atomic E-state index is 5.88. The molecule has 0 atom stereocenters. The molecule has 2 nitrogen and oxygen atoms in total. The molecule has 2 aromatic rings. The molecule has 0 aromatic heterocycles. The number of nitrogens with two attached hydrogens (primary N) is 1. The summed E-state index contributed by atoms with van der Waals surface area (Å²) in [7, 11) is 0. The highest BCUT2D eigenvalue weighted by Gasteiger charge is 2.06. The lowest BCUT2D eigenvalue weighted by Crippen LogP contribution is -2.13. The fraction of sp³-hybridized carbons (Fsp3) is 0.188. The predicted octanol–water partition coefficient (Wildman–Crippen LogP) is 3.52. The Bertz CT molecular complexity index is 607. The van der Waals surface area contributed by atoms with Crippen molar-refractivity contribution in [3.63, 3.8) is 0 Å². The van der Waals surface area contributed by atoms with Gasteiger partial charge in [-0.25, -0.2) is 0 Å². The Kier molecular flexibility index (Phi) is 4.17. The van der Waals surface area contributed by atoms with Crippen LogP contribution in [0.5, 0.6) is 5.75 Å². The fourth-order valence-electron chi connectivity index (χ4n) is 1.92. The number of benzene rings is 2. The second kappa shape index (κ2) is 5.85. The van der Waals surface area contributed by atoms with Crippen molar-refractivity contribution in [3.8, 4) is 5.75 Å². The maximum Gasteiger partial charge on any atom is 0.122 e. The topological polar surface area (TPSA) is 35.2 Å². The summed E-state index contributed by atoms with van der Waals surface area (Å²) in [6.07, 6.45) is 0. The number of hydrogen-bond acceptors (Lipinski definition) is 2. The summed E-state index contributed by atoms with van der Waals surface area (Å²) in [5.74, 6) is 0.901. The average molecular weight is 271 g/mol. The van der Waals surface area contributed by atoms with Crippen molar-refractivity contribution in [2.75, 3.05) is 0 Å². The van der Waals surface area contributed by atoms with Crippen LogP contribution < -0.4 is 10.5 Å². The van der Waals surface area contributed by atoms with E-state index >= 15 is 0 Å². The van der Waals surface area contributed by atoms with Gasteiger partial charge in [-0.1, -0.05) is 48.6 Å². The van der Waals surface area contributed by atoms with Crippen molar-refractivity contribution in [1.29, 1.82) is 0 Å². The summed E-state index contributed by atoms with van der Waals surface area (Å²) in [5.41, 5.74) is 9.99. The first-order valence-electron chi connectivity index (χ1n) is 6.16. The van der Waals surface area contributed by atoms with Crippen LogP contribution in [0.3, 0.4) is 0 Å². The van der Waals surface area contributed by atoms with Gasteiger partial charge in [0.2, 0.25) is 0 Å². The first-order chi connectivity index (χ1) is 9.09. The Morgan fingerprint density at radius 2 is 1.84 bits per heavy atom. The van der Waals surface area contributed by atoms with E-state index in [-0.39, 0.29) is 0 Å². The van der Waals surface area contributed by atoms with Gasteiger partial charge in [0, 0.05) is 5.56 Å². The Labute approximate surface area is 119 Å². The van der Waals surface area contributed by atoms with Crippen LogP contribution in [0.15, 0.2) is 42.5 Å². The Balaban J connectivity index is 2.19. The van der Waals surface area contributed by atoms with Crippen LogP contribution in [0.1, 0.15) is 22.3 Å². The first kappa shape index (κ1) is 13.6. The second-order valence-corrected chi connectivity index (χ2v) is 4.95. The predicted molar refractivity (Wildman–Crippen MR) is 82.6 cm³/mol. The molecule has 0 amide bonds. The molecular formula is C16H17NOS. The Morgan fingerprint density at radius 3 is 2.58 bits per heavy atom. The zero-order valence-electron chi connectivity index (χ0n) is 11.1. The van der Waals surface area contributed by atoms with Crippen LogP contribution in [0, 0.1) is 13.8 Å². The third-order valence-electron chi connectivity index (χ3n) is 3.22. The minimum absolute atomic E-state index is 0.403. The molecule has 0 heterocycles. The molecule has 0 saturated carbocycles. The van der Waals surface area contributed by atoms with Crippen LogP contribution in [0.2, 0.25) is 0 Å². The van der Waals surface area contributed by atoms with Crippen molar-refractivity contribution in [3.05, 3.63) is 64.7 Å². The zero-order chi connectivity index (χ0) is 13.8. The smallest absolute Gasteiger partial charge is 0.122 e. The van der Waals surface area contributed by atoms with E-state index in [2.05, 4.69) is 19.9 Å². The van der Waals surface area contributed by atoms with Gasteiger partial charge in [0.1, 0.15) is 17.3 Å². The van der Waals surface area contributed by atoms with E-state index < -0.39 is 0 Å². The van der Waals surface area contributed by atoms with Crippen molar-refractivity contribution in [2.45, 2.75) is 20.5 Å². The van der Waals surface area contributed by atoms with E-state index in [9.17, 15) is 0 Å². The Morgan fingerprint density at radius 1 is 1.11 bits per heavy atom. The van der Waals surface area contributed by atoms with Gasteiger partial charge in [0.15, 0.2) is 0 Å². The van der Waals surface area contributed by atoms with E-state index in [1.165, 1.54) is 5.56 Å². The van der Waals surface area contributed by atoms with E-state index in [0.29, 0.717) is 11.6 Å². The number of aryl methyl sites for hydroxylation is 1. The van der Waals surface area contributed by atoms with Gasteiger partial charge in [0.05, 0.1) is 0 Å². The molecule has 3 heteroatoms.